The van der Waals surface area contributed by atoms with E-state index < -0.39 is 32.3 Å². The first kappa shape index (κ1) is 14.8. The van der Waals surface area contributed by atoms with Crippen LogP contribution in [0, 0.1) is 0 Å². The Kier molecular flexibility index (Phi) is 5.66. The van der Waals surface area contributed by atoms with E-state index in [1.807, 2.05) is 0 Å². The molecule has 0 aliphatic heterocycles. The summed E-state index contributed by atoms with van der Waals surface area (Å²) in [4.78, 5) is 29.4. The highest BCUT2D eigenvalue weighted by Crippen LogP contribution is 2.52. The van der Waals surface area contributed by atoms with Crippen molar-refractivity contribution in [3.63, 3.8) is 0 Å². The first-order valence-electron chi connectivity index (χ1n) is 4.33. The molecule has 0 spiro atoms. The second kappa shape index (κ2) is 5.75. The second-order valence-electron chi connectivity index (χ2n) is 3.11. The molecule has 0 radical (unpaired) electrons. The van der Waals surface area contributed by atoms with Gasteiger partial charge in [-0.1, -0.05) is 0 Å². The molecule has 0 unspecified atom stereocenters. The van der Waals surface area contributed by atoms with Gasteiger partial charge in [0.2, 0.25) is 0 Å². The van der Waals surface area contributed by atoms with Gasteiger partial charge in [0.25, 0.3) is 0 Å². The van der Waals surface area contributed by atoms with Gasteiger partial charge in [-0.15, -0.1) is 0 Å². The lowest BCUT2D eigenvalue weighted by molar-refractivity contribution is -0.140. The SMILES string of the molecule is NCCC[P+](O)(O)C(=O)CCC(F)(F)F. The third-order valence-corrected chi connectivity index (χ3v) is 3.66. The van der Waals surface area contributed by atoms with E-state index in [9.17, 15) is 27.8 Å². The Labute approximate surface area is 85.8 Å². The molecule has 0 atom stereocenters. The van der Waals surface area contributed by atoms with Crippen LogP contribution in [-0.2, 0) is 4.79 Å². The summed E-state index contributed by atoms with van der Waals surface area (Å²) in [5.41, 5.74) is 3.97. The normalized spacial score (nSPS) is 12.9. The van der Waals surface area contributed by atoms with E-state index in [1.54, 1.807) is 0 Å². The molecule has 0 aliphatic carbocycles. The maximum absolute atomic E-state index is 11.7. The predicted octanol–water partition coefficient (Wildman–Crippen LogP) is 1.04. The summed E-state index contributed by atoms with van der Waals surface area (Å²) in [5, 5.41) is 0. The maximum Gasteiger partial charge on any atom is 0.389 e. The molecule has 0 heterocycles. The van der Waals surface area contributed by atoms with Crippen LogP contribution in [0.4, 0.5) is 13.2 Å². The smallest absolute Gasteiger partial charge is 0.330 e. The fraction of sp³-hybridized carbons (Fsp3) is 0.857. The Morgan fingerprint density at radius 1 is 1.33 bits per heavy atom. The van der Waals surface area contributed by atoms with Crippen molar-refractivity contribution in [1.29, 1.82) is 0 Å². The quantitative estimate of drug-likeness (QED) is 0.613. The van der Waals surface area contributed by atoms with Crippen molar-refractivity contribution in [1.82, 2.24) is 0 Å². The largest absolute Gasteiger partial charge is 0.389 e. The van der Waals surface area contributed by atoms with E-state index >= 15 is 0 Å². The highest BCUT2D eigenvalue weighted by Gasteiger charge is 2.44. The standard InChI is InChI=1S/C7H14F3NO3P/c8-7(9,10)3-2-6(12)15(13,14)5-1-4-11/h13-14H,1-5,11H2/q+1. The third-order valence-electron chi connectivity index (χ3n) is 1.70. The van der Waals surface area contributed by atoms with Gasteiger partial charge in [0, 0.05) is 0 Å². The van der Waals surface area contributed by atoms with Gasteiger partial charge in [-0.2, -0.15) is 13.2 Å². The summed E-state index contributed by atoms with van der Waals surface area (Å²) in [6.45, 7) is 0.162. The third kappa shape index (κ3) is 6.78. The lowest BCUT2D eigenvalue weighted by Gasteiger charge is -2.10. The molecular formula is C7H14F3NO3P+. The van der Waals surface area contributed by atoms with Crippen LogP contribution >= 0.6 is 7.72 Å². The van der Waals surface area contributed by atoms with Gasteiger partial charge in [0.15, 0.2) is 0 Å². The van der Waals surface area contributed by atoms with Crippen molar-refractivity contribution in [2.75, 3.05) is 12.7 Å². The molecule has 90 valence electrons. The topological polar surface area (TPSA) is 83.6 Å². The van der Waals surface area contributed by atoms with Crippen LogP contribution in [0.5, 0.6) is 0 Å². The molecule has 8 heteroatoms. The number of carbonyl (C=O) groups is 1. The van der Waals surface area contributed by atoms with Crippen molar-refractivity contribution < 1.29 is 27.8 Å². The van der Waals surface area contributed by atoms with Crippen molar-refractivity contribution in [2.45, 2.75) is 25.4 Å². The first-order valence-corrected chi connectivity index (χ1v) is 6.21. The van der Waals surface area contributed by atoms with Gasteiger partial charge < -0.3 is 5.73 Å². The van der Waals surface area contributed by atoms with Crippen molar-refractivity contribution in [2.24, 2.45) is 5.73 Å². The molecule has 0 rings (SSSR count). The summed E-state index contributed by atoms with van der Waals surface area (Å²) >= 11 is 0. The molecule has 0 amide bonds. The van der Waals surface area contributed by atoms with Gasteiger partial charge in [-0.3, -0.25) is 0 Å². The zero-order valence-corrected chi connectivity index (χ0v) is 8.89. The van der Waals surface area contributed by atoms with Crippen molar-refractivity contribution in [3.8, 4) is 0 Å². The number of nitrogens with two attached hydrogens (primary N) is 1. The maximum atomic E-state index is 11.7. The van der Waals surface area contributed by atoms with Gasteiger partial charge in [0.1, 0.15) is 6.16 Å². The molecular weight excluding hydrogens is 234 g/mol. The Morgan fingerprint density at radius 3 is 2.27 bits per heavy atom. The molecule has 15 heavy (non-hydrogen) atoms. The fourth-order valence-corrected chi connectivity index (χ4v) is 2.21. The molecule has 0 fully saturated rings. The van der Waals surface area contributed by atoms with Crippen LogP contribution in [0.1, 0.15) is 19.3 Å². The number of alkyl halides is 3. The number of halogens is 3. The minimum absolute atomic E-state index is 0.162. The molecule has 0 saturated carbocycles. The number of hydrogen-bond acceptors (Lipinski definition) is 4. The number of carbonyl (C=O) groups excluding carboxylic acids is 1. The predicted molar refractivity (Wildman–Crippen MR) is 50.2 cm³/mol. The molecule has 0 aromatic rings. The van der Waals surface area contributed by atoms with Crippen molar-refractivity contribution in [3.05, 3.63) is 0 Å². The minimum Gasteiger partial charge on any atom is -0.330 e. The fourth-order valence-electron chi connectivity index (χ4n) is 0.864. The highest BCUT2D eigenvalue weighted by atomic mass is 31.2. The van der Waals surface area contributed by atoms with E-state index in [0.717, 1.165) is 0 Å². The van der Waals surface area contributed by atoms with E-state index in [1.165, 1.54) is 0 Å². The Balaban J connectivity index is 4.08. The summed E-state index contributed by atoms with van der Waals surface area (Å²) < 4.78 is 35.2. The lowest BCUT2D eigenvalue weighted by Crippen LogP contribution is -2.16. The minimum atomic E-state index is -4.45. The Hall–Kier alpha value is -0.230. The van der Waals surface area contributed by atoms with Gasteiger partial charge in [-0.05, 0) is 13.0 Å². The average Bonchev–Trinajstić information content (AvgIpc) is 2.09. The van der Waals surface area contributed by atoms with Gasteiger partial charge in [-0.25, -0.2) is 14.6 Å². The van der Waals surface area contributed by atoms with Crippen LogP contribution in [0.25, 0.3) is 0 Å². The summed E-state index contributed by atoms with van der Waals surface area (Å²) in [6, 6.07) is 0. The zero-order valence-electron chi connectivity index (χ0n) is 8.00. The second-order valence-corrected chi connectivity index (χ2v) is 5.51. The summed E-state index contributed by atoms with van der Waals surface area (Å²) in [5.74, 6) is 0. The van der Waals surface area contributed by atoms with Gasteiger partial charge >= 0.3 is 19.4 Å². The van der Waals surface area contributed by atoms with Crippen LogP contribution in [0.2, 0.25) is 0 Å². The summed E-state index contributed by atoms with van der Waals surface area (Å²) in [6.07, 6.45) is -6.69. The van der Waals surface area contributed by atoms with Crippen molar-refractivity contribution >= 4 is 13.2 Å². The van der Waals surface area contributed by atoms with Crippen LogP contribution in [0.3, 0.4) is 0 Å². The molecule has 4 nitrogen and oxygen atoms in total. The van der Waals surface area contributed by atoms with E-state index in [-0.39, 0.29) is 19.1 Å². The van der Waals surface area contributed by atoms with Gasteiger partial charge in [0.05, 0.1) is 12.8 Å². The molecule has 0 aromatic heterocycles. The molecule has 0 saturated heterocycles. The van der Waals surface area contributed by atoms with Crippen LogP contribution < -0.4 is 5.73 Å². The Morgan fingerprint density at radius 2 is 1.87 bits per heavy atom. The molecule has 0 aromatic carbocycles. The highest BCUT2D eigenvalue weighted by molar-refractivity contribution is 7.81. The number of hydrogen-bond donors (Lipinski definition) is 3. The molecule has 4 N–H and O–H groups in total. The van der Waals surface area contributed by atoms with E-state index in [4.69, 9.17) is 5.73 Å². The van der Waals surface area contributed by atoms with E-state index in [0.29, 0.717) is 0 Å². The Bertz CT molecular complexity index is 220. The molecule has 0 aliphatic rings. The average molecular weight is 248 g/mol. The van der Waals surface area contributed by atoms with Crippen LogP contribution in [0.15, 0.2) is 0 Å². The summed E-state index contributed by atoms with van der Waals surface area (Å²) in [7, 11) is -3.86. The zero-order chi connectivity index (χ0) is 12.1. The van der Waals surface area contributed by atoms with Crippen LogP contribution in [-0.4, -0.2) is 34.2 Å². The lowest BCUT2D eigenvalue weighted by atomic mass is 10.3. The first-order chi connectivity index (χ1) is 6.69. The molecule has 0 bridgehead atoms. The van der Waals surface area contributed by atoms with E-state index in [2.05, 4.69) is 0 Å². The number of rotatable bonds is 6. The monoisotopic (exact) mass is 248 g/mol.